The molecule has 2 aromatic carbocycles. The van der Waals surface area contributed by atoms with Gasteiger partial charge in [0.25, 0.3) is 5.60 Å². The van der Waals surface area contributed by atoms with E-state index in [1.165, 1.54) is 0 Å². The highest BCUT2D eigenvalue weighted by Gasteiger charge is 2.62. The van der Waals surface area contributed by atoms with E-state index in [0.717, 1.165) is 17.7 Å². The molecule has 176 valence electrons. The minimum atomic E-state index is -4.86. The zero-order chi connectivity index (χ0) is 24.1. The number of rotatable bonds is 4. The van der Waals surface area contributed by atoms with Crippen LogP contribution in [0.5, 0.6) is 0 Å². The van der Waals surface area contributed by atoms with Crippen LogP contribution in [0.1, 0.15) is 42.9 Å². The van der Waals surface area contributed by atoms with Gasteiger partial charge in [0.05, 0.1) is 15.8 Å². The van der Waals surface area contributed by atoms with Crippen LogP contribution in [0.4, 0.5) is 17.6 Å². The van der Waals surface area contributed by atoms with Crippen molar-refractivity contribution in [3.63, 3.8) is 0 Å². The zero-order valence-electron chi connectivity index (χ0n) is 17.7. The van der Waals surface area contributed by atoms with E-state index < -0.39 is 39.6 Å². The molecule has 0 aliphatic carbocycles. The van der Waals surface area contributed by atoms with Crippen LogP contribution in [0, 0.1) is 11.7 Å². The normalized spacial score (nSPS) is 21.1. The molecular weight excluding hydrogens is 483 g/mol. The molecule has 2 aliphatic heterocycles. The van der Waals surface area contributed by atoms with Gasteiger partial charge in [-0.1, -0.05) is 66.5 Å². The summed E-state index contributed by atoms with van der Waals surface area (Å²) in [6.45, 7) is 4.93. The third-order valence-corrected chi connectivity index (χ3v) is 6.59. The van der Waals surface area contributed by atoms with Gasteiger partial charge in [0.2, 0.25) is 5.91 Å². The number of carbonyl (C=O) groups is 1. The van der Waals surface area contributed by atoms with E-state index in [2.05, 4.69) is 5.16 Å². The van der Waals surface area contributed by atoms with Crippen molar-refractivity contribution in [1.29, 1.82) is 0 Å². The highest BCUT2D eigenvalue weighted by atomic mass is 35.5. The molecule has 0 N–H and O–H groups in total. The molecule has 1 unspecified atom stereocenters. The molecule has 0 spiro atoms. The molecule has 0 aromatic heterocycles. The van der Waals surface area contributed by atoms with Gasteiger partial charge in [-0.2, -0.15) is 13.2 Å². The van der Waals surface area contributed by atoms with Gasteiger partial charge >= 0.3 is 6.18 Å². The number of hydrogen-bond acceptors (Lipinski definition) is 3. The van der Waals surface area contributed by atoms with Crippen LogP contribution in [-0.2, 0) is 15.2 Å². The van der Waals surface area contributed by atoms with Crippen LogP contribution < -0.4 is 0 Å². The average molecular weight is 503 g/mol. The fraction of sp³-hybridized carbons (Fsp3) is 0.391. The third-order valence-electron chi connectivity index (χ3n) is 6.04. The summed E-state index contributed by atoms with van der Waals surface area (Å²) < 4.78 is 56.1. The average Bonchev–Trinajstić information content (AvgIpc) is 3.18. The van der Waals surface area contributed by atoms with Crippen LogP contribution >= 0.6 is 23.2 Å². The van der Waals surface area contributed by atoms with Gasteiger partial charge in [0.1, 0.15) is 0 Å². The molecule has 10 heteroatoms. The van der Waals surface area contributed by atoms with Crippen molar-refractivity contribution in [3.05, 3.63) is 69.0 Å². The first-order valence-electron chi connectivity index (χ1n) is 10.3. The fourth-order valence-electron chi connectivity index (χ4n) is 4.03. The van der Waals surface area contributed by atoms with Crippen molar-refractivity contribution < 1.29 is 27.2 Å². The van der Waals surface area contributed by atoms with E-state index in [1.54, 1.807) is 17.0 Å². The summed E-state index contributed by atoms with van der Waals surface area (Å²) in [6.07, 6.45) is -5.48. The van der Waals surface area contributed by atoms with E-state index in [4.69, 9.17) is 28.0 Å². The largest absolute Gasteiger partial charge is 0.435 e. The number of benzene rings is 2. The summed E-state index contributed by atoms with van der Waals surface area (Å²) in [5.41, 5.74) is -1.69. The minimum Gasteiger partial charge on any atom is -0.374 e. The summed E-state index contributed by atoms with van der Waals surface area (Å²) in [5.74, 6) is -0.779. The number of alkyl halides is 3. The Kier molecular flexibility index (Phi) is 6.12. The first kappa shape index (κ1) is 23.8. The number of hydrogen-bond donors (Lipinski definition) is 0. The Morgan fingerprint density at radius 3 is 2.24 bits per heavy atom. The standard InChI is InChI=1S/C23H20Cl2F4N2O2/c1-12(2)21(32)31-10-15(11-31)13-3-5-14(6-4-13)19-9-22(33-30-19,23(27,28)29)16-7-17(24)20(26)18(25)8-16/h3-8,12,15H,9-11H2,1-2H3. The lowest BCUT2D eigenvalue weighted by Crippen LogP contribution is -2.49. The number of halogens is 6. The van der Waals surface area contributed by atoms with Crippen molar-refractivity contribution in [1.82, 2.24) is 4.90 Å². The van der Waals surface area contributed by atoms with Gasteiger partial charge < -0.3 is 9.74 Å². The summed E-state index contributed by atoms with van der Waals surface area (Å²) in [6, 6.07) is 8.72. The number of oxime groups is 1. The summed E-state index contributed by atoms with van der Waals surface area (Å²) in [4.78, 5) is 18.8. The predicted molar refractivity (Wildman–Crippen MR) is 117 cm³/mol. The van der Waals surface area contributed by atoms with Crippen LogP contribution in [0.25, 0.3) is 0 Å². The molecule has 2 heterocycles. The van der Waals surface area contributed by atoms with Gasteiger partial charge in [-0.15, -0.1) is 0 Å². The van der Waals surface area contributed by atoms with Crippen molar-refractivity contribution in [2.45, 2.75) is 38.0 Å². The first-order valence-corrected chi connectivity index (χ1v) is 11.0. The Labute approximate surface area is 198 Å². The van der Waals surface area contributed by atoms with Gasteiger partial charge in [-0.25, -0.2) is 4.39 Å². The van der Waals surface area contributed by atoms with Crippen molar-refractivity contribution in [2.75, 3.05) is 13.1 Å². The molecule has 1 atom stereocenters. The van der Waals surface area contributed by atoms with E-state index in [1.807, 2.05) is 26.0 Å². The molecule has 1 amide bonds. The second-order valence-corrected chi connectivity index (χ2v) is 9.42. The number of nitrogens with zero attached hydrogens (tertiary/aromatic N) is 2. The Balaban J connectivity index is 1.53. The molecule has 0 radical (unpaired) electrons. The summed E-state index contributed by atoms with van der Waals surface area (Å²) in [7, 11) is 0. The Morgan fingerprint density at radius 1 is 1.15 bits per heavy atom. The minimum absolute atomic E-state index is 0.0616. The van der Waals surface area contributed by atoms with Crippen molar-refractivity contribution in [2.24, 2.45) is 11.1 Å². The maximum absolute atomic E-state index is 14.1. The maximum Gasteiger partial charge on any atom is 0.435 e. The zero-order valence-corrected chi connectivity index (χ0v) is 19.2. The van der Waals surface area contributed by atoms with Crippen molar-refractivity contribution in [3.8, 4) is 0 Å². The van der Waals surface area contributed by atoms with Crippen molar-refractivity contribution >= 4 is 34.8 Å². The molecule has 0 saturated carbocycles. The lowest BCUT2D eigenvalue weighted by atomic mass is 9.85. The molecule has 33 heavy (non-hydrogen) atoms. The van der Waals surface area contributed by atoms with Gasteiger partial charge in [0.15, 0.2) is 5.82 Å². The molecule has 2 aromatic rings. The Bertz CT molecular complexity index is 1090. The second kappa shape index (κ2) is 8.47. The first-order chi connectivity index (χ1) is 15.4. The molecular formula is C23H20Cl2F4N2O2. The van der Waals surface area contributed by atoms with E-state index >= 15 is 0 Å². The molecule has 1 fully saturated rings. The number of carbonyl (C=O) groups excluding carboxylic acids is 1. The Hall–Kier alpha value is -2.32. The SMILES string of the molecule is CC(C)C(=O)N1CC(c2ccc(C3=NOC(c4cc(Cl)c(F)c(Cl)c4)(C(F)(F)F)C3)cc2)C1. The van der Waals surface area contributed by atoms with E-state index in [0.29, 0.717) is 18.7 Å². The quantitative estimate of drug-likeness (QED) is 0.363. The summed E-state index contributed by atoms with van der Waals surface area (Å²) in [5, 5.41) is 2.64. The van der Waals surface area contributed by atoms with Gasteiger partial charge in [-0.3, -0.25) is 4.79 Å². The molecule has 0 bridgehead atoms. The fourth-order valence-corrected chi connectivity index (χ4v) is 4.52. The molecule has 2 aliphatic rings. The lowest BCUT2D eigenvalue weighted by Gasteiger charge is -2.40. The molecule has 1 saturated heterocycles. The van der Waals surface area contributed by atoms with Gasteiger partial charge in [0, 0.05) is 36.9 Å². The smallest absolute Gasteiger partial charge is 0.374 e. The van der Waals surface area contributed by atoms with Crippen LogP contribution in [0.15, 0.2) is 41.6 Å². The number of amides is 1. The highest BCUT2D eigenvalue weighted by molar-refractivity contribution is 6.35. The Morgan fingerprint density at radius 2 is 1.73 bits per heavy atom. The van der Waals surface area contributed by atoms with Crippen LogP contribution in [0.3, 0.4) is 0 Å². The third kappa shape index (κ3) is 4.19. The maximum atomic E-state index is 14.1. The molecule has 4 nitrogen and oxygen atoms in total. The number of likely N-dealkylation sites (tertiary alicyclic amines) is 1. The summed E-state index contributed by atoms with van der Waals surface area (Å²) >= 11 is 11.5. The highest BCUT2D eigenvalue weighted by Crippen LogP contribution is 2.50. The van der Waals surface area contributed by atoms with E-state index in [9.17, 15) is 22.4 Å². The lowest BCUT2D eigenvalue weighted by molar-refractivity contribution is -0.275. The monoisotopic (exact) mass is 502 g/mol. The van der Waals surface area contributed by atoms with Crippen LogP contribution in [0.2, 0.25) is 10.0 Å². The predicted octanol–water partition coefficient (Wildman–Crippen LogP) is 6.30. The van der Waals surface area contributed by atoms with Gasteiger partial charge in [-0.05, 0) is 23.3 Å². The molecule has 4 rings (SSSR count). The topological polar surface area (TPSA) is 41.9 Å². The second-order valence-electron chi connectivity index (χ2n) is 8.60. The van der Waals surface area contributed by atoms with Crippen LogP contribution in [-0.4, -0.2) is 35.8 Å². The van der Waals surface area contributed by atoms with E-state index in [-0.39, 0.29) is 23.5 Å².